The molecule has 1 atom stereocenters. The van der Waals surface area contributed by atoms with Crippen LogP contribution in [-0.4, -0.2) is 18.9 Å². The number of rotatable bonds is 5. The molecule has 1 unspecified atom stereocenters. The van der Waals surface area contributed by atoms with Crippen molar-refractivity contribution in [2.45, 2.75) is 5.92 Å². The number of esters is 1. The Hall–Kier alpha value is -1.61. The molecule has 16 heavy (non-hydrogen) atoms. The van der Waals surface area contributed by atoms with Gasteiger partial charge in [0.2, 0.25) is 0 Å². The molecule has 0 aliphatic rings. The van der Waals surface area contributed by atoms with Crippen LogP contribution in [0, 0.1) is 0 Å². The number of ether oxygens (including phenoxy) is 1. The van der Waals surface area contributed by atoms with Crippen molar-refractivity contribution in [3.8, 4) is 0 Å². The molecule has 0 radical (unpaired) electrons. The first-order valence-electron chi connectivity index (χ1n) is 4.68. The molecule has 4 heteroatoms. The smallest absolute Gasteiger partial charge is 0.321 e. The average molecular weight is 239 g/mol. The van der Waals surface area contributed by atoms with Gasteiger partial charge in [0.05, 0.1) is 0 Å². The lowest BCUT2D eigenvalue weighted by Gasteiger charge is -2.10. The Morgan fingerprint density at radius 2 is 2.19 bits per heavy atom. The third-order valence-corrected chi connectivity index (χ3v) is 2.32. The van der Waals surface area contributed by atoms with E-state index in [-0.39, 0.29) is 6.61 Å². The van der Waals surface area contributed by atoms with E-state index in [1.54, 1.807) is 24.3 Å². The van der Waals surface area contributed by atoms with Gasteiger partial charge in [-0.25, -0.2) is 0 Å². The van der Waals surface area contributed by atoms with E-state index in [0.717, 1.165) is 0 Å². The number of aldehydes is 1. The highest BCUT2D eigenvalue weighted by Gasteiger charge is 2.23. The molecule has 1 aromatic rings. The number of carbonyl (C=O) groups is 2. The van der Waals surface area contributed by atoms with Crippen LogP contribution in [0.3, 0.4) is 0 Å². The summed E-state index contributed by atoms with van der Waals surface area (Å²) in [6, 6.07) is 6.67. The van der Waals surface area contributed by atoms with Crippen molar-refractivity contribution in [3.05, 3.63) is 47.5 Å². The number of halogens is 1. The molecular weight excluding hydrogens is 228 g/mol. The molecule has 0 N–H and O–H groups in total. The summed E-state index contributed by atoms with van der Waals surface area (Å²) >= 11 is 5.89. The van der Waals surface area contributed by atoms with Gasteiger partial charge in [-0.15, -0.1) is 0 Å². The Morgan fingerprint density at radius 3 is 2.75 bits per heavy atom. The van der Waals surface area contributed by atoms with Gasteiger partial charge in [0.1, 0.15) is 18.8 Å². The van der Waals surface area contributed by atoms with Gasteiger partial charge >= 0.3 is 5.97 Å². The van der Waals surface area contributed by atoms with Crippen molar-refractivity contribution in [1.82, 2.24) is 0 Å². The van der Waals surface area contributed by atoms with Gasteiger partial charge in [0.15, 0.2) is 0 Å². The second-order valence-corrected chi connectivity index (χ2v) is 3.46. The number of benzene rings is 1. The van der Waals surface area contributed by atoms with Gasteiger partial charge in [0.25, 0.3) is 0 Å². The van der Waals surface area contributed by atoms with Gasteiger partial charge in [-0.3, -0.25) is 4.79 Å². The summed E-state index contributed by atoms with van der Waals surface area (Å²) in [7, 11) is 0. The predicted octanol–water partition coefficient (Wildman–Crippen LogP) is 2.35. The van der Waals surface area contributed by atoms with E-state index in [0.29, 0.717) is 16.9 Å². The Labute approximate surface area is 98.7 Å². The second kappa shape index (κ2) is 6.08. The second-order valence-electron chi connectivity index (χ2n) is 3.05. The van der Waals surface area contributed by atoms with Gasteiger partial charge in [-0.2, -0.15) is 0 Å². The van der Waals surface area contributed by atoms with Crippen LogP contribution in [0.5, 0.6) is 0 Å². The molecule has 0 aromatic heterocycles. The summed E-state index contributed by atoms with van der Waals surface area (Å²) < 4.78 is 4.81. The molecule has 1 rings (SSSR count). The van der Waals surface area contributed by atoms with Gasteiger partial charge in [-0.05, 0) is 11.6 Å². The topological polar surface area (TPSA) is 43.4 Å². The molecule has 0 aliphatic carbocycles. The fourth-order valence-electron chi connectivity index (χ4n) is 1.21. The Morgan fingerprint density at radius 1 is 1.50 bits per heavy atom. The summed E-state index contributed by atoms with van der Waals surface area (Å²) in [5.74, 6) is -1.60. The highest BCUT2D eigenvalue weighted by atomic mass is 35.5. The Kier molecular flexibility index (Phi) is 4.73. The first-order chi connectivity index (χ1) is 7.70. The van der Waals surface area contributed by atoms with E-state index in [1.807, 2.05) is 0 Å². The third kappa shape index (κ3) is 2.94. The molecule has 84 valence electrons. The summed E-state index contributed by atoms with van der Waals surface area (Å²) in [4.78, 5) is 22.4. The molecule has 0 bridgehead atoms. The molecule has 0 heterocycles. The molecule has 0 aliphatic heterocycles. The summed E-state index contributed by atoms with van der Waals surface area (Å²) in [5.41, 5.74) is 0.452. The van der Waals surface area contributed by atoms with Crippen molar-refractivity contribution in [2.75, 3.05) is 6.61 Å². The monoisotopic (exact) mass is 238 g/mol. The maximum absolute atomic E-state index is 11.5. The van der Waals surface area contributed by atoms with Crippen LogP contribution in [-0.2, 0) is 14.3 Å². The van der Waals surface area contributed by atoms with E-state index in [4.69, 9.17) is 16.3 Å². The van der Waals surface area contributed by atoms with Crippen LogP contribution in [0.1, 0.15) is 11.5 Å². The van der Waals surface area contributed by atoms with Crippen molar-refractivity contribution >= 4 is 23.9 Å². The quantitative estimate of drug-likeness (QED) is 0.342. The minimum absolute atomic E-state index is 0.0770. The minimum atomic E-state index is -0.978. The molecule has 0 saturated heterocycles. The van der Waals surface area contributed by atoms with E-state index < -0.39 is 11.9 Å². The fourth-order valence-corrected chi connectivity index (χ4v) is 1.47. The predicted molar refractivity (Wildman–Crippen MR) is 61.4 cm³/mol. The number of hydrogen-bond donors (Lipinski definition) is 0. The van der Waals surface area contributed by atoms with E-state index in [9.17, 15) is 9.59 Å². The molecule has 0 saturated carbocycles. The zero-order chi connectivity index (χ0) is 12.0. The van der Waals surface area contributed by atoms with Crippen molar-refractivity contribution in [1.29, 1.82) is 0 Å². The van der Waals surface area contributed by atoms with Crippen LogP contribution in [0.25, 0.3) is 0 Å². The molecule has 0 fully saturated rings. The Balaban J connectivity index is 2.90. The van der Waals surface area contributed by atoms with E-state index >= 15 is 0 Å². The zero-order valence-electron chi connectivity index (χ0n) is 8.56. The van der Waals surface area contributed by atoms with Crippen molar-refractivity contribution < 1.29 is 14.3 Å². The maximum Gasteiger partial charge on any atom is 0.321 e. The van der Waals surface area contributed by atoms with Crippen LogP contribution in [0.15, 0.2) is 36.9 Å². The van der Waals surface area contributed by atoms with E-state index in [2.05, 4.69) is 6.58 Å². The highest BCUT2D eigenvalue weighted by Crippen LogP contribution is 2.23. The van der Waals surface area contributed by atoms with Crippen LogP contribution in [0.4, 0.5) is 0 Å². The summed E-state index contributed by atoms with van der Waals surface area (Å²) in [5, 5.41) is 0.371. The zero-order valence-corrected chi connectivity index (χ0v) is 9.31. The third-order valence-electron chi connectivity index (χ3n) is 1.97. The molecule has 0 amide bonds. The lowest BCUT2D eigenvalue weighted by atomic mass is 10.0. The SMILES string of the molecule is C=CCOC(=O)C(C=O)c1ccccc1Cl. The van der Waals surface area contributed by atoms with Crippen LogP contribution in [0.2, 0.25) is 5.02 Å². The van der Waals surface area contributed by atoms with Crippen molar-refractivity contribution in [2.24, 2.45) is 0 Å². The minimum Gasteiger partial charge on any atom is -0.461 e. The first kappa shape index (κ1) is 12.5. The molecule has 3 nitrogen and oxygen atoms in total. The Bertz CT molecular complexity index is 401. The van der Waals surface area contributed by atoms with E-state index in [1.165, 1.54) is 6.08 Å². The van der Waals surface area contributed by atoms with Crippen LogP contribution < -0.4 is 0 Å². The maximum atomic E-state index is 11.5. The lowest BCUT2D eigenvalue weighted by Crippen LogP contribution is -2.17. The first-order valence-corrected chi connectivity index (χ1v) is 5.05. The normalized spacial score (nSPS) is 11.6. The fraction of sp³-hybridized carbons (Fsp3) is 0.167. The van der Waals surface area contributed by atoms with Gasteiger partial charge in [0, 0.05) is 5.02 Å². The molecule has 1 aromatic carbocycles. The largest absolute Gasteiger partial charge is 0.461 e. The van der Waals surface area contributed by atoms with Gasteiger partial charge < -0.3 is 9.53 Å². The van der Waals surface area contributed by atoms with Gasteiger partial charge in [-0.1, -0.05) is 42.5 Å². The summed E-state index contributed by atoms with van der Waals surface area (Å²) in [6.07, 6.45) is 1.96. The number of hydrogen-bond acceptors (Lipinski definition) is 3. The average Bonchev–Trinajstić information content (AvgIpc) is 2.30. The van der Waals surface area contributed by atoms with Crippen molar-refractivity contribution in [3.63, 3.8) is 0 Å². The molecular formula is C12H11ClO3. The standard InChI is InChI=1S/C12H11ClO3/c1-2-7-16-12(15)10(8-14)9-5-3-4-6-11(9)13/h2-6,8,10H,1,7H2. The number of carbonyl (C=O) groups excluding carboxylic acids is 2. The highest BCUT2D eigenvalue weighted by molar-refractivity contribution is 6.32. The molecule has 0 spiro atoms. The van der Waals surface area contributed by atoms with Crippen LogP contribution >= 0.6 is 11.6 Å². The lowest BCUT2D eigenvalue weighted by molar-refractivity contribution is -0.145. The summed E-state index contributed by atoms with van der Waals surface area (Å²) in [6.45, 7) is 3.49.